The second-order valence-electron chi connectivity index (χ2n) is 6.45. The van der Waals surface area contributed by atoms with Gasteiger partial charge in [0.15, 0.2) is 0 Å². The number of carbonyl (C=O) groups is 1. The van der Waals surface area contributed by atoms with Crippen LogP contribution in [-0.4, -0.2) is 24.7 Å². The van der Waals surface area contributed by atoms with Crippen LogP contribution in [0.5, 0.6) is 0 Å². The number of hydrogen-bond acceptors (Lipinski definition) is 3. The van der Waals surface area contributed by atoms with Crippen molar-refractivity contribution in [2.45, 2.75) is 30.2 Å². The molecule has 2 aromatic rings. The maximum Gasteiger partial charge on any atom is 0.240 e. The van der Waals surface area contributed by atoms with Crippen molar-refractivity contribution in [2.75, 3.05) is 23.7 Å². The highest BCUT2D eigenvalue weighted by molar-refractivity contribution is 7.99. The molecule has 4 heteroatoms. The van der Waals surface area contributed by atoms with Gasteiger partial charge in [0.2, 0.25) is 5.91 Å². The quantitative estimate of drug-likeness (QED) is 0.924. The molecule has 3 nitrogen and oxygen atoms in total. The predicted molar refractivity (Wildman–Crippen MR) is 99.6 cm³/mol. The number of thioether (sulfide) groups is 1. The number of para-hydroxylation sites is 1. The lowest BCUT2D eigenvalue weighted by atomic mass is 9.88. The zero-order valence-electron chi connectivity index (χ0n) is 13.7. The molecule has 1 amide bonds. The molecule has 2 aliphatic rings. The summed E-state index contributed by atoms with van der Waals surface area (Å²) in [6.45, 7) is 1.37. The molecule has 0 aromatic heterocycles. The zero-order chi connectivity index (χ0) is 16.4. The first-order valence-corrected chi connectivity index (χ1v) is 9.64. The summed E-state index contributed by atoms with van der Waals surface area (Å²) >= 11 is 1.87. The topological polar surface area (TPSA) is 32.3 Å². The van der Waals surface area contributed by atoms with E-state index in [4.69, 9.17) is 0 Å². The van der Waals surface area contributed by atoms with Gasteiger partial charge in [0.05, 0.1) is 18.3 Å². The van der Waals surface area contributed by atoms with Crippen molar-refractivity contribution in [2.24, 2.45) is 0 Å². The summed E-state index contributed by atoms with van der Waals surface area (Å²) in [5, 5.41) is 3.27. The molecule has 124 valence electrons. The van der Waals surface area contributed by atoms with Crippen LogP contribution in [-0.2, 0) is 11.2 Å². The molecule has 24 heavy (non-hydrogen) atoms. The van der Waals surface area contributed by atoms with Gasteiger partial charge in [-0.15, -0.1) is 11.8 Å². The van der Waals surface area contributed by atoms with Crippen molar-refractivity contribution in [1.82, 2.24) is 5.32 Å². The average molecular weight is 338 g/mol. The number of aryl methyl sites for hydroxylation is 1. The van der Waals surface area contributed by atoms with E-state index in [2.05, 4.69) is 52.7 Å². The molecule has 0 bridgehead atoms. The molecule has 1 N–H and O–H groups in total. The average Bonchev–Trinajstić information content (AvgIpc) is 2.62. The molecule has 2 aromatic carbocycles. The molecule has 1 aliphatic carbocycles. The van der Waals surface area contributed by atoms with Gasteiger partial charge in [0.1, 0.15) is 0 Å². The lowest BCUT2D eigenvalue weighted by molar-refractivity contribution is -0.120. The van der Waals surface area contributed by atoms with Crippen molar-refractivity contribution >= 4 is 23.4 Å². The summed E-state index contributed by atoms with van der Waals surface area (Å²) < 4.78 is 0. The normalized spacial score (nSPS) is 19.3. The molecule has 0 saturated heterocycles. The van der Waals surface area contributed by atoms with Crippen molar-refractivity contribution in [1.29, 1.82) is 0 Å². The molecule has 0 fully saturated rings. The summed E-state index contributed by atoms with van der Waals surface area (Å²) in [5.74, 6) is 1.16. The summed E-state index contributed by atoms with van der Waals surface area (Å²) in [6, 6.07) is 17.0. The molecular weight excluding hydrogens is 316 g/mol. The van der Waals surface area contributed by atoms with Gasteiger partial charge in [-0.25, -0.2) is 0 Å². The Labute approximate surface area is 147 Å². The largest absolute Gasteiger partial charge is 0.360 e. The number of benzene rings is 2. The number of rotatable bonds is 3. The Morgan fingerprint density at radius 3 is 2.96 bits per heavy atom. The van der Waals surface area contributed by atoms with Crippen LogP contribution < -0.4 is 10.2 Å². The highest BCUT2D eigenvalue weighted by Gasteiger charge is 2.24. The Kier molecular flexibility index (Phi) is 4.48. The second kappa shape index (κ2) is 6.89. The second-order valence-corrected chi connectivity index (χ2v) is 7.59. The number of nitrogens with zero attached hydrogens (tertiary/aromatic N) is 1. The summed E-state index contributed by atoms with van der Waals surface area (Å²) in [5.41, 5.74) is 3.87. The Bertz CT molecular complexity index is 684. The molecule has 0 radical (unpaired) electrons. The van der Waals surface area contributed by atoms with Crippen LogP contribution in [0, 0.1) is 0 Å². The van der Waals surface area contributed by atoms with Crippen LogP contribution in [0.1, 0.15) is 30.0 Å². The van der Waals surface area contributed by atoms with E-state index in [-0.39, 0.29) is 11.9 Å². The Morgan fingerprint density at radius 2 is 2.00 bits per heavy atom. The van der Waals surface area contributed by atoms with Gasteiger partial charge in [0, 0.05) is 17.2 Å². The molecule has 4 rings (SSSR count). The zero-order valence-corrected chi connectivity index (χ0v) is 14.5. The van der Waals surface area contributed by atoms with E-state index in [9.17, 15) is 4.79 Å². The number of anilines is 1. The van der Waals surface area contributed by atoms with Gasteiger partial charge >= 0.3 is 0 Å². The van der Waals surface area contributed by atoms with Gasteiger partial charge < -0.3 is 10.2 Å². The first-order chi connectivity index (χ1) is 11.8. The number of nitrogens with one attached hydrogen (secondary N) is 1. The van der Waals surface area contributed by atoms with Crippen LogP contribution in [0.3, 0.4) is 0 Å². The third kappa shape index (κ3) is 3.16. The number of amides is 1. The first kappa shape index (κ1) is 15.6. The van der Waals surface area contributed by atoms with Crippen LogP contribution in [0.2, 0.25) is 0 Å². The van der Waals surface area contributed by atoms with Crippen molar-refractivity contribution < 1.29 is 4.79 Å². The molecule has 1 atom stereocenters. The maximum absolute atomic E-state index is 12.6. The van der Waals surface area contributed by atoms with Gasteiger partial charge in [-0.3, -0.25) is 4.79 Å². The van der Waals surface area contributed by atoms with E-state index in [0.717, 1.165) is 31.6 Å². The highest BCUT2D eigenvalue weighted by atomic mass is 32.2. The minimum atomic E-state index is 0.124. The third-order valence-corrected chi connectivity index (χ3v) is 5.91. The summed E-state index contributed by atoms with van der Waals surface area (Å²) in [4.78, 5) is 16.1. The minimum absolute atomic E-state index is 0.124. The smallest absolute Gasteiger partial charge is 0.240 e. The summed E-state index contributed by atoms with van der Waals surface area (Å²) in [7, 11) is 0. The number of fused-ring (bicyclic) bond motifs is 2. The molecule has 0 unspecified atom stereocenters. The molecule has 1 aliphatic heterocycles. The van der Waals surface area contributed by atoms with Gasteiger partial charge in [0.25, 0.3) is 0 Å². The van der Waals surface area contributed by atoms with E-state index >= 15 is 0 Å². The van der Waals surface area contributed by atoms with Crippen LogP contribution in [0.15, 0.2) is 53.4 Å². The van der Waals surface area contributed by atoms with Gasteiger partial charge in [-0.1, -0.05) is 36.4 Å². The Balaban J connectivity index is 1.45. The van der Waals surface area contributed by atoms with E-state index in [1.807, 2.05) is 17.8 Å². The predicted octanol–water partition coefficient (Wildman–Crippen LogP) is 3.79. The Hall–Kier alpha value is -1.94. The van der Waals surface area contributed by atoms with E-state index < -0.39 is 0 Å². The van der Waals surface area contributed by atoms with Crippen molar-refractivity contribution in [3.63, 3.8) is 0 Å². The van der Waals surface area contributed by atoms with Gasteiger partial charge in [-0.05, 0) is 42.5 Å². The lowest BCUT2D eigenvalue weighted by Gasteiger charge is -2.32. The fourth-order valence-corrected chi connectivity index (χ4v) is 4.76. The van der Waals surface area contributed by atoms with Crippen LogP contribution in [0.4, 0.5) is 5.69 Å². The van der Waals surface area contributed by atoms with Crippen LogP contribution in [0.25, 0.3) is 0 Å². The monoisotopic (exact) mass is 338 g/mol. The fourth-order valence-electron chi connectivity index (χ4n) is 3.71. The fraction of sp³-hybridized carbons (Fsp3) is 0.350. The number of carbonyl (C=O) groups excluding carboxylic acids is 1. The molecular formula is C20H22N2OS. The standard InChI is InChI=1S/C20H22N2OS/c23-20(14-22-12-13-24-19-11-4-3-10-18(19)22)21-17-9-5-7-15-6-1-2-8-16(15)17/h1-4,6,8,10-11,17H,5,7,9,12-14H2,(H,21,23)/t17-/m0/s1. The molecule has 0 spiro atoms. The van der Waals surface area contributed by atoms with E-state index in [0.29, 0.717) is 6.54 Å². The lowest BCUT2D eigenvalue weighted by Crippen LogP contribution is -2.41. The minimum Gasteiger partial charge on any atom is -0.360 e. The molecule has 0 saturated carbocycles. The molecule has 1 heterocycles. The maximum atomic E-state index is 12.6. The van der Waals surface area contributed by atoms with E-state index in [1.54, 1.807) is 0 Å². The summed E-state index contributed by atoms with van der Waals surface area (Å²) in [6.07, 6.45) is 3.31. The Morgan fingerprint density at radius 1 is 1.17 bits per heavy atom. The van der Waals surface area contributed by atoms with Crippen molar-refractivity contribution in [3.05, 3.63) is 59.7 Å². The highest BCUT2D eigenvalue weighted by Crippen LogP contribution is 2.34. The van der Waals surface area contributed by atoms with Crippen LogP contribution >= 0.6 is 11.8 Å². The third-order valence-electron chi connectivity index (χ3n) is 4.86. The van der Waals surface area contributed by atoms with Crippen molar-refractivity contribution in [3.8, 4) is 0 Å². The first-order valence-electron chi connectivity index (χ1n) is 8.65. The number of hydrogen-bond donors (Lipinski definition) is 1. The van der Waals surface area contributed by atoms with Gasteiger partial charge in [-0.2, -0.15) is 0 Å². The van der Waals surface area contributed by atoms with E-state index in [1.165, 1.54) is 21.7 Å². The SMILES string of the molecule is O=C(CN1CCSc2ccccc21)N[C@H]1CCCc2ccccc21.